The Labute approximate surface area is 204 Å². The van der Waals surface area contributed by atoms with E-state index in [2.05, 4.69) is 0 Å². The van der Waals surface area contributed by atoms with Crippen LogP contribution < -0.4 is 14.7 Å². The van der Waals surface area contributed by atoms with E-state index < -0.39 is 23.6 Å². The van der Waals surface area contributed by atoms with Crippen LogP contribution in [-0.2, 0) is 4.74 Å². The molecule has 1 N–H and O–H groups in total. The molecule has 2 aliphatic rings. The summed E-state index contributed by atoms with van der Waals surface area (Å²) in [5.74, 6) is -3.04. The molecule has 1 aliphatic carbocycles. The van der Waals surface area contributed by atoms with Gasteiger partial charge in [-0.25, -0.2) is 18.2 Å². The second-order valence-electron chi connectivity index (χ2n) is 7.96. The molecular weight excluding hydrogens is 457 g/mol. The highest BCUT2D eigenvalue weighted by Gasteiger charge is 2.44. The number of aryl methyl sites for hydroxylation is 1. The summed E-state index contributed by atoms with van der Waals surface area (Å²) >= 11 is 0. The number of hydrogen-bond donors (Lipinski definition) is 1. The quantitative estimate of drug-likeness (QED) is 0.418. The number of fused-ring (bicyclic) bond motifs is 1. The summed E-state index contributed by atoms with van der Waals surface area (Å²) in [4.78, 5) is 1.24. The number of hydrogen-bond acceptors (Lipinski definition) is 5. The molecule has 35 heavy (non-hydrogen) atoms. The summed E-state index contributed by atoms with van der Waals surface area (Å²) in [5.41, 5.74) is 0.869. The third-order valence-corrected chi connectivity index (χ3v) is 5.62. The Morgan fingerprint density at radius 1 is 0.886 bits per heavy atom. The van der Waals surface area contributed by atoms with Crippen LogP contribution in [0, 0.1) is 24.4 Å². The zero-order valence-electron chi connectivity index (χ0n) is 20.6. The van der Waals surface area contributed by atoms with Gasteiger partial charge in [0.05, 0.1) is 18.9 Å². The number of halogens is 3. The van der Waals surface area contributed by atoms with E-state index in [0.717, 1.165) is 11.1 Å². The molecular formula is C27H31F3N2O3. The number of nitrogens with zero attached hydrogens (tertiary/aromatic N) is 2. The number of hydroxylamine groups is 1. The first-order valence-corrected chi connectivity index (χ1v) is 11.5. The van der Waals surface area contributed by atoms with Gasteiger partial charge in [0.1, 0.15) is 22.9 Å². The fourth-order valence-electron chi connectivity index (χ4n) is 3.81. The number of methoxy groups -OCH3 is 2. The average molecular weight is 489 g/mol. The van der Waals surface area contributed by atoms with Gasteiger partial charge in [0, 0.05) is 13.2 Å². The van der Waals surface area contributed by atoms with Crippen LogP contribution in [0.2, 0.25) is 0 Å². The SMILES string of the molecule is CC.COC1CC1.COc1cc(F)c(F)c2c1N(O)C(c1ccccc1)N2c1ccc(C)cc1F. The largest absolute Gasteiger partial charge is 0.494 e. The lowest BCUT2D eigenvalue weighted by Crippen LogP contribution is -2.31. The van der Waals surface area contributed by atoms with E-state index in [1.54, 1.807) is 50.4 Å². The maximum atomic E-state index is 14.9. The Bertz CT molecular complexity index is 1140. The smallest absolute Gasteiger partial charge is 0.185 e. The van der Waals surface area contributed by atoms with Gasteiger partial charge in [0.2, 0.25) is 0 Å². The van der Waals surface area contributed by atoms with Crippen molar-refractivity contribution in [2.45, 2.75) is 45.9 Å². The summed E-state index contributed by atoms with van der Waals surface area (Å²) in [7, 11) is 3.05. The molecule has 3 aromatic rings. The summed E-state index contributed by atoms with van der Waals surface area (Å²) in [6, 6.07) is 14.0. The van der Waals surface area contributed by atoms with E-state index in [-0.39, 0.29) is 22.8 Å². The first-order valence-electron chi connectivity index (χ1n) is 11.5. The van der Waals surface area contributed by atoms with Crippen LogP contribution >= 0.6 is 0 Å². The lowest BCUT2D eigenvalue weighted by Gasteiger charge is -2.30. The normalized spacial score (nSPS) is 16.1. The zero-order valence-corrected chi connectivity index (χ0v) is 20.6. The highest BCUT2D eigenvalue weighted by Crippen LogP contribution is 2.55. The fourth-order valence-corrected chi connectivity index (χ4v) is 3.81. The van der Waals surface area contributed by atoms with Crippen molar-refractivity contribution in [3.05, 3.63) is 83.2 Å². The minimum atomic E-state index is -1.20. The van der Waals surface area contributed by atoms with Gasteiger partial charge < -0.3 is 14.4 Å². The molecule has 5 rings (SSSR count). The van der Waals surface area contributed by atoms with Crippen LogP contribution in [0.25, 0.3) is 0 Å². The molecule has 3 aromatic carbocycles. The van der Waals surface area contributed by atoms with E-state index in [0.29, 0.717) is 17.2 Å². The Kier molecular flexibility index (Phi) is 8.64. The minimum Gasteiger partial charge on any atom is -0.494 e. The molecule has 1 aliphatic heterocycles. The molecule has 5 nitrogen and oxygen atoms in total. The van der Waals surface area contributed by atoms with Crippen molar-refractivity contribution in [2.75, 3.05) is 24.2 Å². The number of ether oxygens (including phenoxy) is 2. The second kappa shape index (κ2) is 11.5. The van der Waals surface area contributed by atoms with E-state index in [4.69, 9.17) is 9.47 Å². The van der Waals surface area contributed by atoms with Gasteiger partial charge in [0.25, 0.3) is 0 Å². The van der Waals surface area contributed by atoms with Gasteiger partial charge in [-0.2, -0.15) is 0 Å². The van der Waals surface area contributed by atoms with Crippen LogP contribution in [0.15, 0.2) is 54.6 Å². The summed E-state index contributed by atoms with van der Waals surface area (Å²) in [6.07, 6.45) is 2.20. The minimum absolute atomic E-state index is 0.00352. The van der Waals surface area contributed by atoms with Crippen molar-refractivity contribution in [3.8, 4) is 5.75 Å². The van der Waals surface area contributed by atoms with Gasteiger partial charge in [-0.15, -0.1) is 0 Å². The molecule has 188 valence electrons. The first-order chi connectivity index (χ1) is 16.9. The topological polar surface area (TPSA) is 45.2 Å². The van der Waals surface area contributed by atoms with Crippen molar-refractivity contribution in [2.24, 2.45) is 0 Å². The molecule has 0 aromatic heterocycles. The van der Waals surface area contributed by atoms with Crippen molar-refractivity contribution < 1.29 is 27.9 Å². The fraction of sp³-hybridized carbons (Fsp3) is 0.333. The third kappa shape index (κ3) is 5.39. The maximum Gasteiger partial charge on any atom is 0.185 e. The van der Waals surface area contributed by atoms with E-state index in [1.807, 2.05) is 13.8 Å². The van der Waals surface area contributed by atoms with Crippen LogP contribution in [0.3, 0.4) is 0 Å². The predicted molar refractivity (Wildman–Crippen MR) is 131 cm³/mol. The van der Waals surface area contributed by atoms with Crippen LogP contribution in [-0.4, -0.2) is 25.5 Å². The van der Waals surface area contributed by atoms with Gasteiger partial charge >= 0.3 is 0 Å². The Morgan fingerprint density at radius 3 is 2.06 bits per heavy atom. The Hall–Kier alpha value is -3.23. The first kappa shape index (κ1) is 26.4. The van der Waals surface area contributed by atoms with Gasteiger partial charge in [-0.3, -0.25) is 5.21 Å². The molecule has 1 atom stereocenters. The second-order valence-corrected chi connectivity index (χ2v) is 7.96. The third-order valence-electron chi connectivity index (χ3n) is 5.62. The Balaban J connectivity index is 0.000000428. The van der Waals surface area contributed by atoms with Crippen molar-refractivity contribution in [1.82, 2.24) is 0 Å². The number of benzene rings is 3. The Morgan fingerprint density at radius 2 is 1.54 bits per heavy atom. The van der Waals surface area contributed by atoms with Crippen molar-refractivity contribution in [1.29, 1.82) is 0 Å². The number of anilines is 3. The zero-order chi connectivity index (χ0) is 25.7. The molecule has 1 saturated carbocycles. The van der Waals surface area contributed by atoms with Gasteiger partial charge in [-0.05, 0) is 43.0 Å². The standard InChI is InChI=1S/C21H17F3N2O2.C4H8O.C2H6/c1-12-8-9-16(14(22)10-12)25-20-18(24)15(23)11-17(28-2)19(20)26(27)21(25)13-6-4-3-5-7-13;1-5-4-2-3-4;1-2/h3-11,21,27H,1-2H3;4H,2-3H2,1H3;1-2H3. The number of rotatable bonds is 4. The molecule has 0 bridgehead atoms. The van der Waals surface area contributed by atoms with Crippen molar-refractivity contribution >= 4 is 17.1 Å². The van der Waals surface area contributed by atoms with Crippen LogP contribution in [0.4, 0.5) is 30.2 Å². The molecule has 0 saturated heterocycles. The summed E-state index contributed by atoms with van der Waals surface area (Å²) in [6.45, 7) is 5.72. The lowest BCUT2D eigenvalue weighted by molar-refractivity contribution is 0.183. The average Bonchev–Trinajstić information content (AvgIpc) is 3.67. The molecule has 1 fully saturated rings. The van der Waals surface area contributed by atoms with Crippen LogP contribution in [0.5, 0.6) is 5.75 Å². The van der Waals surface area contributed by atoms with Gasteiger partial charge in [0.15, 0.2) is 17.8 Å². The summed E-state index contributed by atoms with van der Waals surface area (Å²) in [5, 5.41) is 11.7. The van der Waals surface area contributed by atoms with Crippen LogP contribution in [0.1, 0.15) is 44.0 Å². The monoisotopic (exact) mass is 488 g/mol. The lowest BCUT2D eigenvalue weighted by atomic mass is 10.1. The van der Waals surface area contributed by atoms with E-state index >= 15 is 0 Å². The predicted octanol–water partition coefficient (Wildman–Crippen LogP) is 7.29. The molecule has 8 heteroatoms. The van der Waals surface area contributed by atoms with Crippen molar-refractivity contribution in [3.63, 3.8) is 0 Å². The summed E-state index contributed by atoms with van der Waals surface area (Å²) < 4.78 is 54.0. The highest BCUT2D eigenvalue weighted by atomic mass is 19.2. The highest BCUT2D eigenvalue weighted by molar-refractivity contribution is 5.88. The van der Waals surface area contributed by atoms with E-state index in [1.165, 1.54) is 37.0 Å². The molecule has 0 radical (unpaired) electrons. The molecule has 0 spiro atoms. The molecule has 1 heterocycles. The van der Waals surface area contributed by atoms with Gasteiger partial charge in [-0.1, -0.05) is 50.2 Å². The van der Waals surface area contributed by atoms with E-state index in [9.17, 15) is 18.4 Å². The maximum absolute atomic E-state index is 14.9. The molecule has 0 amide bonds. The molecule has 1 unspecified atom stereocenters.